The topological polar surface area (TPSA) is 45.7 Å². The average molecular weight is 412 g/mol. The number of thiazole rings is 1. The fourth-order valence-electron chi connectivity index (χ4n) is 3.14. The molecule has 0 bridgehead atoms. The predicted octanol–water partition coefficient (Wildman–Crippen LogP) is 5.07. The van der Waals surface area contributed by atoms with Gasteiger partial charge in [0.1, 0.15) is 5.75 Å². The van der Waals surface area contributed by atoms with Gasteiger partial charge in [-0.15, -0.1) is 0 Å². The van der Waals surface area contributed by atoms with E-state index in [9.17, 15) is 4.79 Å². The van der Waals surface area contributed by atoms with Crippen molar-refractivity contribution >= 4 is 32.6 Å². The lowest BCUT2D eigenvalue weighted by atomic mass is 10.2. The van der Waals surface area contributed by atoms with Crippen LogP contribution in [-0.4, -0.2) is 48.1 Å². The van der Waals surface area contributed by atoms with Gasteiger partial charge >= 0.3 is 0 Å². The Labute approximate surface area is 176 Å². The summed E-state index contributed by atoms with van der Waals surface area (Å²) in [4.78, 5) is 22.2. The Hall–Kier alpha value is -2.44. The molecule has 0 aliphatic carbocycles. The van der Waals surface area contributed by atoms with Gasteiger partial charge in [-0.2, -0.15) is 0 Å². The van der Waals surface area contributed by atoms with Crippen LogP contribution >= 0.6 is 11.3 Å². The SMILES string of the molecule is CCN(CC)CCN(C(=O)c1ccc(OC(C)C)cc1)c1nc2ccccc2s1. The molecule has 5 nitrogen and oxygen atoms in total. The minimum atomic E-state index is -0.0349. The quantitative estimate of drug-likeness (QED) is 0.493. The Kier molecular flexibility index (Phi) is 7.23. The number of amides is 1. The van der Waals surface area contributed by atoms with Gasteiger partial charge in [0.15, 0.2) is 5.13 Å². The first-order valence-corrected chi connectivity index (χ1v) is 11.0. The molecule has 3 rings (SSSR count). The molecule has 0 unspecified atom stereocenters. The number of rotatable bonds is 9. The van der Waals surface area contributed by atoms with Crippen LogP contribution in [0.15, 0.2) is 48.5 Å². The number of carbonyl (C=O) groups excluding carboxylic acids is 1. The second kappa shape index (κ2) is 9.85. The van der Waals surface area contributed by atoms with Crippen LogP contribution in [0, 0.1) is 0 Å². The largest absolute Gasteiger partial charge is 0.491 e. The Morgan fingerprint density at radius 3 is 2.34 bits per heavy atom. The first-order valence-electron chi connectivity index (χ1n) is 10.2. The van der Waals surface area contributed by atoms with Crippen LogP contribution in [0.3, 0.4) is 0 Å². The average Bonchev–Trinajstić information content (AvgIpc) is 3.15. The molecule has 0 aliphatic heterocycles. The van der Waals surface area contributed by atoms with E-state index in [-0.39, 0.29) is 12.0 Å². The summed E-state index contributed by atoms with van der Waals surface area (Å²) in [7, 11) is 0. The fraction of sp³-hybridized carbons (Fsp3) is 0.391. The highest BCUT2D eigenvalue weighted by atomic mass is 32.1. The van der Waals surface area contributed by atoms with Gasteiger partial charge in [0.2, 0.25) is 0 Å². The lowest BCUT2D eigenvalue weighted by molar-refractivity contribution is 0.0983. The van der Waals surface area contributed by atoms with Crippen LogP contribution in [0.2, 0.25) is 0 Å². The van der Waals surface area contributed by atoms with Gasteiger partial charge in [-0.05, 0) is 63.3 Å². The number of para-hydroxylation sites is 1. The number of hydrogen-bond donors (Lipinski definition) is 0. The highest BCUT2D eigenvalue weighted by molar-refractivity contribution is 7.22. The van der Waals surface area contributed by atoms with Crippen LogP contribution in [0.4, 0.5) is 5.13 Å². The molecular weight excluding hydrogens is 382 g/mol. The van der Waals surface area contributed by atoms with Crippen molar-refractivity contribution in [1.82, 2.24) is 9.88 Å². The van der Waals surface area contributed by atoms with Crippen LogP contribution in [0.1, 0.15) is 38.1 Å². The molecule has 0 N–H and O–H groups in total. The maximum atomic E-state index is 13.4. The van der Waals surface area contributed by atoms with Crippen LogP contribution in [0.5, 0.6) is 5.75 Å². The highest BCUT2D eigenvalue weighted by Gasteiger charge is 2.22. The highest BCUT2D eigenvalue weighted by Crippen LogP contribution is 2.29. The molecule has 29 heavy (non-hydrogen) atoms. The molecule has 1 aromatic heterocycles. The van der Waals surface area contributed by atoms with E-state index >= 15 is 0 Å². The summed E-state index contributed by atoms with van der Waals surface area (Å²) < 4.78 is 6.79. The first-order chi connectivity index (χ1) is 14.0. The minimum absolute atomic E-state index is 0.0349. The summed E-state index contributed by atoms with van der Waals surface area (Å²) in [5.74, 6) is 0.735. The van der Waals surface area contributed by atoms with Crippen molar-refractivity contribution in [2.24, 2.45) is 0 Å². The third kappa shape index (κ3) is 5.34. The van der Waals surface area contributed by atoms with Crippen molar-refractivity contribution in [1.29, 1.82) is 0 Å². The fourth-order valence-corrected chi connectivity index (χ4v) is 4.13. The maximum absolute atomic E-state index is 13.4. The molecule has 2 aromatic carbocycles. The summed E-state index contributed by atoms with van der Waals surface area (Å²) in [6.07, 6.45) is 0.102. The minimum Gasteiger partial charge on any atom is -0.491 e. The summed E-state index contributed by atoms with van der Waals surface area (Å²) in [6.45, 7) is 11.6. The van der Waals surface area contributed by atoms with Crippen LogP contribution < -0.4 is 9.64 Å². The molecule has 0 fully saturated rings. The second-order valence-corrected chi connectivity index (χ2v) is 8.15. The number of likely N-dealkylation sites (N-methyl/N-ethyl adjacent to an activating group) is 1. The smallest absolute Gasteiger partial charge is 0.260 e. The van der Waals surface area contributed by atoms with E-state index in [1.807, 2.05) is 62.4 Å². The van der Waals surface area contributed by atoms with Crippen molar-refractivity contribution in [3.63, 3.8) is 0 Å². The lowest BCUT2D eigenvalue weighted by Gasteiger charge is -2.24. The molecule has 154 valence electrons. The summed E-state index contributed by atoms with van der Waals surface area (Å²) in [6, 6.07) is 15.4. The van der Waals surface area contributed by atoms with Gasteiger partial charge < -0.3 is 9.64 Å². The van der Waals surface area contributed by atoms with E-state index in [0.717, 1.165) is 40.7 Å². The molecule has 0 radical (unpaired) electrons. The molecule has 0 saturated heterocycles. The molecular formula is C23H29N3O2S. The Morgan fingerprint density at radius 2 is 1.72 bits per heavy atom. The Balaban J connectivity index is 1.87. The molecule has 0 atom stereocenters. The van der Waals surface area contributed by atoms with Gasteiger partial charge in [0, 0.05) is 18.7 Å². The van der Waals surface area contributed by atoms with E-state index in [1.54, 1.807) is 16.2 Å². The van der Waals surface area contributed by atoms with Crippen LogP contribution in [-0.2, 0) is 0 Å². The first kappa shape index (κ1) is 21.3. The monoisotopic (exact) mass is 411 g/mol. The standard InChI is InChI=1S/C23H29N3O2S/c1-5-25(6-2)15-16-26(23-24-20-9-7-8-10-21(20)29-23)22(27)18-11-13-19(14-12-18)28-17(3)4/h7-14,17H,5-6,15-16H2,1-4H3. The Morgan fingerprint density at radius 1 is 1.03 bits per heavy atom. The molecule has 1 heterocycles. The van der Waals surface area contributed by atoms with Crippen molar-refractivity contribution in [2.45, 2.75) is 33.8 Å². The number of nitrogens with zero attached hydrogens (tertiary/aromatic N) is 3. The molecule has 1 amide bonds. The van der Waals surface area contributed by atoms with Gasteiger partial charge in [-0.25, -0.2) is 4.98 Å². The second-order valence-electron chi connectivity index (χ2n) is 7.14. The zero-order valence-electron chi connectivity index (χ0n) is 17.6. The third-order valence-electron chi connectivity index (χ3n) is 4.77. The molecule has 0 aliphatic rings. The summed E-state index contributed by atoms with van der Waals surface area (Å²) >= 11 is 1.56. The molecule has 3 aromatic rings. The zero-order valence-corrected chi connectivity index (χ0v) is 18.4. The van der Waals surface area contributed by atoms with Crippen molar-refractivity contribution in [3.05, 3.63) is 54.1 Å². The number of benzene rings is 2. The molecule has 0 spiro atoms. The van der Waals surface area contributed by atoms with Crippen LogP contribution in [0.25, 0.3) is 10.2 Å². The van der Waals surface area contributed by atoms with E-state index < -0.39 is 0 Å². The van der Waals surface area contributed by atoms with Gasteiger partial charge in [-0.1, -0.05) is 37.3 Å². The number of anilines is 1. The van der Waals surface area contributed by atoms with Crippen molar-refractivity contribution < 1.29 is 9.53 Å². The predicted molar refractivity (Wildman–Crippen MR) is 121 cm³/mol. The third-order valence-corrected chi connectivity index (χ3v) is 5.83. The van der Waals surface area contributed by atoms with Gasteiger partial charge in [0.05, 0.1) is 16.3 Å². The van der Waals surface area contributed by atoms with Gasteiger partial charge in [0.25, 0.3) is 5.91 Å². The Bertz CT molecular complexity index is 900. The van der Waals surface area contributed by atoms with E-state index in [0.29, 0.717) is 12.1 Å². The van der Waals surface area contributed by atoms with E-state index in [2.05, 4.69) is 18.7 Å². The van der Waals surface area contributed by atoms with Crippen molar-refractivity contribution in [3.8, 4) is 5.75 Å². The number of aromatic nitrogens is 1. The summed E-state index contributed by atoms with van der Waals surface area (Å²) in [5, 5.41) is 0.742. The number of hydrogen-bond acceptors (Lipinski definition) is 5. The zero-order chi connectivity index (χ0) is 20.8. The summed E-state index contributed by atoms with van der Waals surface area (Å²) in [5.41, 5.74) is 1.56. The number of fused-ring (bicyclic) bond motifs is 1. The lowest BCUT2D eigenvalue weighted by Crippen LogP contribution is -2.38. The number of ether oxygens (including phenoxy) is 1. The normalized spacial score (nSPS) is 11.4. The van der Waals surface area contributed by atoms with Gasteiger partial charge in [-0.3, -0.25) is 9.69 Å². The maximum Gasteiger partial charge on any atom is 0.260 e. The molecule has 6 heteroatoms. The van der Waals surface area contributed by atoms with E-state index in [1.165, 1.54) is 0 Å². The van der Waals surface area contributed by atoms with E-state index in [4.69, 9.17) is 9.72 Å². The molecule has 0 saturated carbocycles. The number of carbonyl (C=O) groups is 1. The van der Waals surface area contributed by atoms with Crippen molar-refractivity contribution in [2.75, 3.05) is 31.1 Å².